The summed E-state index contributed by atoms with van der Waals surface area (Å²) in [4.78, 5) is 25.1. The zero-order valence-corrected chi connectivity index (χ0v) is 12.6. The molecule has 0 bridgehead atoms. The monoisotopic (exact) mass is 291 g/mol. The number of aliphatic carboxylic acids is 1. The van der Waals surface area contributed by atoms with Gasteiger partial charge in [-0.15, -0.1) is 0 Å². The van der Waals surface area contributed by atoms with Crippen LogP contribution in [-0.4, -0.2) is 40.6 Å². The Hall–Kier alpha value is -2.04. The number of carboxylic acid groups (broad SMARTS) is 1. The van der Waals surface area contributed by atoms with Crippen LogP contribution in [0.2, 0.25) is 0 Å². The van der Waals surface area contributed by atoms with Gasteiger partial charge in [0.2, 0.25) is 5.91 Å². The zero-order valence-electron chi connectivity index (χ0n) is 12.6. The number of hydrogen-bond acceptors (Lipinski definition) is 3. The maximum absolute atomic E-state index is 12.7. The van der Waals surface area contributed by atoms with Gasteiger partial charge in [0.15, 0.2) is 0 Å². The first-order chi connectivity index (χ1) is 9.79. The van der Waals surface area contributed by atoms with E-state index < -0.39 is 11.5 Å². The summed E-state index contributed by atoms with van der Waals surface area (Å²) in [6.45, 7) is 5.52. The SMILES string of the molecule is CC(C)(C)N(CC(=O)O)C(=O)C1COc2ccccc2C1. The molecule has 1 aromatic carbocycles. The molecule has 0 spiro atoms. The molecule has 0 radical (unpaired) electrons. The third-order valence-corrected chi connectivity index (χ3v) is 3.60. The number of carbonyl (C=O) groups excluding carboxylic acids is 1. The van der Waals surface area contributed by atoms with E-state index in [-0.39, 0.29) is 18.4 Å². The molecule has 2 rings (SSSR count). The van der Waals surface area contributed by atoms with E-state index in [0.717, 1.165) is 11.3 Å². The predicted octanol–water partition coefficient (Wildman–Crippen LogP) is 1.95. The van der Waals surface area contributed by atoms with Gasteiger partial charge in [0.25, 0.3) is 0 Å². The molecule has 1 heterocycles. The number of hydrogen-bond donors (Lipinski definition) is 1. The average molecular weight is 291 g/mol. The molecule has 0 saturated heterocycles. The van der Waals surface area contributed by atoms with Crippen molar-refractivity contribution in [2.24, 2.45) is 5.92 Å². The van der Waals surface area contributed by atoms with Gasteiger partial charge in [0, 0.05) is 5.54 Å². The van der Waals surface area contributed by atoms with Crippen LogP contribution in [-0.2, 0) is 16.0 Å². The predicted molar refractivity (Wildman–Crippen MR) is 78.2 cm³/mol. The maximum atomic E-state index is 12.7. The first kappa shape index (κ1) is 15.4. The minimum atomic E-state index is -1.00. The lowest BCUT2D eigenvalue weighted by Crippen LogP contribution is -2.52. The third-order valence-electron chi connectivity index (χ3n) is 3.60. The van der Waals surface area contributed by atoms with Gasteiger partial charge in [-0.05, 0) is 38.8 Å². The Kier molecular flexibility index (Phi) is 4.21. The van der Waals surface area contributed by atoms with Crippen LogP contribution in [0.1, 0.15) is 26.3 Å². The lowest BCUT2D eigenvalue weighted by molar-refractivity contribution is -0.151. The minimum absolute atomic E-state index is 0.167. The molecule has 1 unspecified atom stereocenters. The summed E-state index contributed by atoms with van der Waals surface area (Å²) in [7, 11) is 0. The molecule has 1 aliphatic heterocycles. The zero-order chi connectivity index (χ0) is 15.6. The van der Waals surface area contributed by atoms with Crippen molar-refractivity contribution in [3.8, 4) is 5.75 Å². The van der Waals surface area contributed by atoms with Crippen LogP contribution in [0, 0.1) is 5.92 Å². The van der Waals surface area contributed by atoms with Crippen molar-refractivity contribution in [2.45, 2.75) is 32.7 Å². The average Bonchev–Trinajstić information content (AvgIpc) is 2.42. The molecular formula is C16H21NO4. The summed E-state index contributed by atoms with van der Waals surface area (Å²) < 4.78 is 5.63. The standard InChI is InChI=1S/C16H21NO4/c1-16(2,3)17(9-14(18)19)15(20)12-8-11-6-4-5-7-13(11)21-10-12/h4-7,12H,8-10H2,1-3H3,(H,18,19). The van der Waals surface area contributed by atoms with Crippen molar-refractivity contribution in [3.63, 3.8) is 0 Å². The summed E-state index contributed by atoms with van der Waals surface area (Å²) in [5.74, 6) is -0.699. The highest BCUT2D eigenvalue weighted by Crippen LogP contribution is 2.29. The van der Waals surface area contributed by atoms with Gasteiger partial charge in [-0.25, -0.2) is 0 Å². The van der Waals surface area contributed by atoms with Crippen molar-refractivity contribution >= 4 is 11.9 Å². The molecule has 1 aromatic rings. The Balaban J connectivity index is 2.17. The Morgan fingerprint density at radius 2 is 2.00 bits per heavy atom. The smallest absolute Gasteiger partial charge is 0.323 e. The number of benzene rings is 1. The highest BCUT2D eigenvalue weighted by atomic mass is 16.5. The molecule has 1 atom stereocenters. The highest BCUT2D eigenvalue weighted by Gasteiger charge is 2.35. The van der Waals surface area contributed by atoms with E-state index in [1.165, 1.54) is 4.90 Å². The fraction of sp³-hybridized carbons (Fsp3) is 0.500. The maximum Gasteiger partial charge on any atom is 0.323 e. The van der Waals surface area contributed by atoms with Gasteiger partial charge in [-0.1, -0.05) is 18.2 Å². The topological polar surface area (TPSA) is 66.8 Å². The minimum Gasteiger partial charge on any atom is -0.492 e. The van der Waals surface area contributed by atoms with Gasteiger partial charge in [0.05, 0.1) is 5.92 Å². The number of carboxylic acids is 1. The first-order valence-corrected chi connectivity index (χ1v) is 7.03. The molecule has 0 saturated carbocycles. The van der Waals surface area contributed by atoms with Gasteiger partial charge in [-0.2, -0.15) is 0 Å². The summed E-state index contributed by atoms with van der Waals surface area (Å²) in [5, 5.41) is 9.03. The number of amides is 1. The molecule has 0 fully saturated rings. The Labute approximate surface area is 124 Å². The van der Waals surface area contributed by atoms with E-state index in [1.54, 1.807) is 0 Å². The van der Waals surface area contributed by atoms with Crippen LogP contribution in [0.5, 0.6) is 5.75 Å². The summed E-state index contributed by atoms with van der Waals surface area (Å²) >= 11 is 0. The van der Waals surface area contributed by atoms with E-state index in [1.807, 2.05) is 45.0 Å². The van der Waals surface area contributed by atoms with Gasteiger partial charge < -0.3 is 14.7 Å². The van der Waals surface area contributed by atoms with E-state index in [2.05, 4.69) is 0 Å². The highest BCUT2D eigenvalue weighted by molar-refractivity contribution is 5.84. The second kappa shape index (κ2) is 5.76. The van der Waals surface area contributed by atoms with E-state index >= 15 is 0 Å². The number of fused-ring (bicyclic) bond motifs is 1. The van der Waals surface area contributed by atoms with Crippen LogP contribution in [0.15, 0.2) is 24.3 Å². The molecule has 5 nitrogen and oxygen atoms in total. The summed E-state index contributed by atoms with van der Waals surface area (Å²) in [5.41, 5.74) is 0.457. The summed E-state index contributed by atoms with van der Waals surface area (Å²) in [6.07, 6.45) is 0.585. The second-order valence-corrected chi connectivity index (χ2v) is 6.31. The fourth-order valence-electron chi connectivity index (χ4n) is 2.49. The molecule has 1 aliphatic rings. The number of carbonyl (C=O) groups is 2. The van der Waals surface area contributed by atoms with Crippen LogP contribution >= 0.6 is 0 Å². The lowest BCUT2D eigenvalue weighted by Gasteiger charge is -2.38. The van der Waals surface area contributed by atoms with E-state index in [4.69, 9.17) is 9.84 Å². The molecule has 0 aliphatic carbocycles. The van der Waals surface area contributed by atoms with Gasteiger partial charge >= 0.3 is 5.97 Å². The second-order valence-electron chi connectivity index (χ2n) is 6.31. The molecular weight excluding hydrogens is 270 g/mol. The number of rotatable bonds is 3. The fourth-order valence-corrected chi connectivity index (χ4v) is 2.49. The van der Waals surface area contributed by atoms with Crippen molar-refractivity contribution in [3.05, 3.63) is 29.8 Å². The van der Waals surface area contributed by atoms with Gasteiger partial charge in [0.1, 0.15) is 18.9 Å². The molecule has 21 heavy (non-hydrogen) atoms. The van der Waals surface area contributed by atoms with Crippen LogP contribution in [0.25, 0.3) is 0 Å². The normalized spacial score (nSPS) is 17.6. The van der Waals surface area contributed by atoms with Crippen molar-refractivity contribution in [2.75, 3.05) is 13.2 Å². The first-order valence-electron chi connectivity index (χ1n) is 7.03. The number of ether oxygens (including phenoxy) is 1. The molecule has 1 N–H and O–H groups in total. The Morgan fingerprint density at radius 3 is 2.62 bits per heavy atom. The van der Waals surface area contributed by atoms with Crippen molar-refractivity contribution in [1.82, 2.24) is 4.90 Å². The largest absolute Gasteiger partial charge is 0.492 e. The van der Waals surface area contributed by atoms with E-state index in [9.17, 15) is 9.59 Å². The van der Waals surface area contributed by atoms with Crippen LogP contribution < -0.4 is 4.74 Å². The molecule has 0 aromatic heterocycles. The van der Waals surface area contributed by atoms with Crippen LogP contribution in [0.4, 0.5) is 0 Å². The molecule has 5 heteroatoms. The lowest BCUT2D eigenvalue weighted by atomic mass is 9.93. The summed E-state index contributed by atoms with van der Waals surface area (Å²) in [6, 6.07) is 7.63. The number of para-hydroxylation sites is 1. The third kappa shape index (κ3) is 3.54. The molecule has 1 amide bonds. The quantitative estimate of drug-likeness (QED) is 0.924. The Bertz CT molecular complexity index is 547. The van der Waals surface area contributed by atoms with Crippen molar-refractivity contribution in [1.29, 1.82) is 0 Å². The van der Waals surface area contributed by atoms with Crippen LogP contribution in [0.3, 0.4) is 0 Å². The van der Waals surface area contributed by atoms with Crippen molar-refractivity contribution < 1.29 is 19.4 Å². The van der Waals surface area contributed by atoms with E-state index in [0.29, 0.717) is 13.0 Å². The molecule has 114 valence electrons. The number of nitrogens with zero attached hydrogens (tertiary/aromatic N) is 1. The van der Waals surface area contributed by atoms with Gasteiger partial charge in [-0.3, -0.25) is 9.59 Å². The Morgan fingerprint density at radius 1 is 1.33 bits per heavy atom.